The first kappa shape index (κ1) is 18.6. The molecule has 1 heterocycles. The minimum Gasteiger partial charge on any atom is -0.299 e. The molecule has 0 saturated carbocycles. The van der Waals surface area contributed by atoms with E-state index in [1.165, 1.54) is 36.9 Å². The van der Waals surface area contributed by atoms with Gasteiger partial charge in [-0.3, -0.25) is 14.4 Å². The summed E-state index contributed by atoms with van der Waals surface area (Å²) in [6.07, 6.45) is 2.73. The number of benzene rings is 1. The van der Waals surface area contributed by atoms with Crippen LogP contribution in [-0.4, -0.2) is 43.1 Å². The lowest BCUT2D eigenvalue weighted by Gasteiger charge is -2.28. The molecule has 1 aromatic carbocycles. The van der Waals surface area contributed by atoms with Crippen LogP contribution in [0.3, 0.4) is 0 Å². The van der Waals surface area contributed by atoms with Crippen LogP contribution in [0.5, 0.6) is 0 Å². The SMILES string of the molecule is CSc1nnc(NC(=O)[C@H](C)N(c2ccccc2F)S(C)(=O)=O)s1. The fourth-order valence-corrected chi connectivity index (χ4v) is 4.31. The van der Waals surface area contributed by atoms with Gasteiger partial charge < -0.3 is 0 Å². The molecule has 7 nitrogen and oxygen atoms in total. The summed E-state index contributed by atoms with van der Waals surface area (Å²) in [6, 6.07) is 4.20. The first-order valence-electron chi connectivity index (χ1n) is 6.66. The molecule has 1 N–H and O–H groups in total. The highest BCUT2D eigenvalue weighted by Gasteiger charge is 2.31. The highest BCUT2D eigenvalue weighted by molar-refractivity contribution is 8.00. The van der Waals surface area contributed by atoms with E-state index in [1.54, 1.807) is 0 Å². The van der Waals surface area contributed by atoms with Crippen LogP contribution in [0.2, 0.25) is 0 Å². The molecule has 1 atom stereocenters. The number of carbonyl (C=O) groups is 1. The molecule has 0 unspecified atom stereocenters. The number of sulfonamides is 1. The van der Waals surface area contributed by atoms with Gasteiger partial charge in [-0.25, -0.2) is 12.8 Å². The van der Waals surface area contributed by atoms with Crippen LogP contribution in [0.1, 0.15) is 6.92 Å². The first-order chi connectivity index (χ1) is 11.2. The van der Waals surface area contributed by atoms with Crippen molar-refractivity contribution in [3.63, 3.8) is 0 Å². The summed E-state index contributed by atoms with van der Waals surface area (Å²) in [5, 5.41) is 10.4. The molecule has 0 radical (unpaired) electrons. The van der Waals surface area contributed by atoms with Gasteiger partial charge >= 0.3 is 0 Å². The summed E-state index contributed by atoms with van der Waals surface area (Å²) in [5.74, 6) is -1.37. The Morgan fingerprint density at radius 3 is 2.58 bits per heavy atom. The monoisotopic (exact) mass is 390 g/mol. The zero-order valence-corrected chi connectivity index (χ0v) is 15.5. The van der Waals surface area contributed by atoms with E-state index in [1.807, 2.05) is 6.26 Å². The van der Waals surface area contributed by atoms with Crippen LogP contribution in [0.4, 0.5) is 15.2 Å². The molecule has 0 aliphatic heterocycles. The summed E-state index contributed by atoms with van der Waals surface area (Å²) in [7, 11) is -3.88. The number of halogens is 1. The maximum atomic E-state index is 14.0. The molecule has 0 saturated heterocycles. The Morgan fingerprint density at radius 2 is 2.04 bits per heavy atom. The van der Waals surface area contributed by atoms with E-state index >= 15 is 0 Å². The third-order valence-electron chi connectivity index (χ3n) is 2.99. The zero-order chi connectivity index (χ0) is 17.9. The van der Waals surface area contributed by atoms with Crippen molar-refractivity contribution < 1.29 is 17.6 Å². The fourth-order valence-electron chi connectivity index (χ4n) is 1.96. The molecular weight excluding hydrogens is 375 g/mol. The van der Waals surface area contributed by atoms with Gasteiger partial charge in [-0.05, 0) is 25.3 Å². The Kier molecular flexibility index (Phi) is 5.78. The van der Waals surface area contributed by atoms with Gasteiger partial charge in [0.05, 0.1) is 11.9 Å². The maximum Gasteiger partial charge on any atom is 0.249 e. The lowest BCUT2D eigenvalue weighted by molar-refractivity contribution is -0.116. The number of amides is 1. The Labute approximate surface area is 147 Å². The van der Waals surface area contributed by atoms with Crippen LogP contribution in [0.25, 0.3) is 0 Å². The van der Waals surface area contributed by atoms with E-state index in [2.05, 4.69) is 15.5 Å². The fraction of sp³-hybridized carbons (Fsp3) is 0.308. The second-order valence-corrected chi connectivity index (χ2v) is 8.64. The van der Waals surface area contributed by atoms with Gasteiger partial charge in [-0.1, -0.05) is 35.2 Å². The molecule has 11 heteroatoms. The quantitative estimate of drug-likeness (QED) is 0.600. The van der Waals surface area contributed by atoms with Crippen molar-refractivity contribution in [2.45, 2.75) is 17.3 Å². The largest absolute Gasteiger partial charge is 0.299 e. The van der Waals surface area contributed by atoms with Gasteiger partial charge in [-0.2, -0.15) is 0 Å². The standard InChI is InChI=1S/C13H15FN4O3S3/c1-8(11(19)15-12-16-17-13(22-2)23-12)18(24(3,20)21)10-7-5-4-6-9(10)14/h4-8H,1-3H3,(H,15,16,19)/t8-/m0/s1. The van der Waals surface area contributed by atoms with E-state index in [-0.39, 0.29) is 10.8 Å². The van der Waals surface area contributed by atoms with Crippen molar-refractivity contribution in [1.29, 1.82) is 0 Å². The molecule has 0 spiro atoms. The third kappa shape index (κ3) is 4.22. The number of nitrogens with one attached hydrogen (secondary N) is 1. The van der Waals surface area contributed by atoms with E-state index in [9.17, 15) is 17.6 Å². The second-order valence-electron chi connectivity index (χ2n) is 4.75. The molecule has 0 aliphatic rings. The highest BCUT2D eigenvalue weighted by atomic mass is 32.2. The Balaban J connectivity index is 2.29. The summed E-state index contributed by atoms with van der Waals surface area (Å²) in [5.41, 5.74) is -0.190. The van der Waals surface area contributed by atoms with Crippen LogP contribution < -0.4 is 9.62 Å². The van der Waals surface area contributed by atoms with Gasteiger partial charge in [0.15, 0.2) is 4.34 Å². The van der Waals surface area contributed by atoms with Gasteiger partial charge in [0.2, 0.25) is 21.1 Å². The maximum absolute atomic E-state index is 14.0. The minimum atomic E-state index is -3.88. The average molecular weight is 390 g/mol. The first-order valence-corrected chi connectivity index (χ1v) is 10.5. The highest BCUT2D eigenvalue weighted by Crippen LogP contribution is 2.26. The Bertz CT molecular complexity index is 840. The predicted octanol–water partition coefficient (Wildman–Crippen LogP) is 2.19. The van der Waals surface area contributed by atoms with Crippen molar-refractivity contribution in [3.05, 3.63) is 30.1 Å². The van der Waals surface area contributed by atoms with Gasteiger partial charge in [0.1, 0.15) is 11.9 Å². The number of thioether (sulfide) groups is 1. The average Bonchev–Trinajstić information content (AvgIpc) is 2.95. The molecule has 0 bridgehead atoms. The van der Waals surface area contributed by atoms with E-state index in [0.29, 0.717) is 4.34 Å². The topological polar surface area (TPSA) is 92.3 Å². The number of anilines is 2. The van der Waals surface area contributed by atoms with E-state index in [0.717, 1.165) is 28.0 Å². The van der Waals surface area contributed by atoms with Crippen molar-refractivity contribution in [2.75, 3.05) is 22.1 Å². The predicted molar refractivity (Wildman–Crippen MR) is 93.5 cm³/mol. The second kappa shape index (κ2) is 7.45. The normalized spacial score (nSPS) is 12.7. The lowest BCUT2D eigenvalue weighted by atomic mass is 10.2. The summed E-state index contributed by atoms with van der Waals surface area (Å²) >= 11 is 2.54. The number of rotatable bonds is 6. The van der Waals surface area contributed by atoms with E-state index < -0.39 is 27.8 Å². The number of aromatic nitrogens is 2. The molecule has 130 valence electrons. The number of nitrogens with zero attached hydrogens (tertiary/aromatic N) is 3. The number of hydrogen-bond acceptors (Lipinski definition) is 7. The van der Waals surface area contributed by atoms with Crippen LogP contribution in [-0.2, 0) is 14.8 Å². The summed E-state index contributed by atoms with van der Waals surface area (Å²) in [4.78, 5) is 12.4. The molecular formula is C13H15FN4O3S3. The molecule has 24 heavy (non-hydrogen) atoms. The molecule has 2 aromatic rings. The van der Waals surface area contributed by atoms with Crippen molar-refractivity contribution in [2.24, 2.45) is 0 Å². The smallest absolute Gasteiger partial charge is 0.249 e. The van der Waals surface area contributed by atoms with Crippen LogP contribution in [0.15, 0.2) is 28.6 Å². The summed E-state index contributed by atoms with van der Waals surface area (Å²) < 4.78 is 39.6. The molecule has 2 rings (SSSR count). The minimum absolute atomic E-state index is 0.190. The lowest BCUT2D eigenvalue weighted by Crippen LogP contribution is -2.45. The van der Waals surface area contributed by atoms with Gasteiger partial charge in [-0.15, -0.1) is 10.2 Å². The van der Waals surface area contributed by atoms with Gasteiger partial charge in [0, 0.05) is 0 Å². The van der Waals surface area contributed by atoms with Crippen molar-refractivity contribution in [3.8, 4) is 0 Å². The van der Waals surface area contributed by atoms with Crippen molar-refractivity contribution >= 4 is 49.8 Å². The number of hydrogen-bond donors (Lipinski definition) is 1. The molecule has 0 aliphatic carbocycles. The van der Waals surface area contributed by atoms with Crippen LogP contribution >= 0.6 is 23.1 Å². The number of para-hydroxylation sites is 1. The summed E-state index contributed by atoms with van der Waals surface area (Å²) in [6.45, 7) is 1.37. The van der Waals surface area contributed by atoms with Crippen LogP contribution in [0, 0.1) is 5.82 Å². The molecule has 0 fully saturated rings. The molecule has 1 amide bonds. The zero-order valence-electron chi connectivity index (χ0n) is 13.1. The molecule has 1 aromatic heterocycles. The van der Waals surface area contributed by atoms with Gasteiger partial charge in [0.25, 0.3) is 0 Å². The number of carbonyl (C=O) groups excluding carboxylic acids is 1. The van der Waals surface area contributed by atoms with E-state index in [4.69, 9.17) is 0 Å². The third-order valence-corrected chi connectivity index (χ3v) is 6.03. The van der Waals surface area contributed by atoms with Crippen molar-refractivity contribution in [1.82, 2.24) is 10.2 Å². The Hall–Kier alpha value is -1.72. The Morgan fingerprint density at radius 1 is 1.38 bits per heavy atom.